The van der Waals surface area contributed by atoms with E-state index in [2.05, 4.69) is 24.4 Å². The first-order valence-electron chi connectivity index (χ1n) is 3.66. The number of hydrogen-bond donors (Lipinski definition) is 1. The molecule has 1 aliphatic carbocycles. The van der Waals surface area contributed by atoms with Crippen molar-refractivity contribution in [3.05, 3.63) is 0 Å². The minimum Gasteiger partial charge on any atom is -0.179 e. The van der Waals surface area contributed by atoms with Crippen LogP contribution in [0.15, 0.2) is 0 Å². The molecule has 0 heterocycles. The minimum atomic E-state index is 1.05. The molecule has 0 N–H and O–H groups in total. The molecule has 0 aliphatic heterocycles. The predicted octanol–water partition coefficient (Wildman–Crippen LogP) is 2.59. The smallest absolute Gasteiger partial charge is 0.00478 e. The molecule has 2 heteroatoms. The first kappa shape index (κ1) is 7.80. The SMILES string of the molecule is SCCCCSC1CC1. The van der Waals surface area contributed by atoms with Crippen molar-refractivity contribution in [2.45, 2.75) is 30.9 Å². The second-order valence-corrected chi connectivity index (χ2v) is 4.36. The van der Waals surface area contributed by atoms with Crippen molar-refractivity contribution >= 4 is 24.4 Å². The highest BCUT2D eigenvalue weighted by atomic mass is 32.2. The van der Waals surface area contributed by atoms with E-state index >= 15 is 0 Å². The van der Waals surface area contributed by atoms with Crippen molar-refractivity contribution < 1.29 is 0 Å². The van der Waals surface area contributed by atoms with Gasteiger partial charge in [0.1, 0.15) is 0 Å². The van der Waals surface area contributed by atoms with E-state index in [1.807, 2.05) is 0 Å². The van der Waals surface area contributed by atoms with Crippen LogP contribution in [-0.2, 0) is 0 Å². The van der Waals surface area contributed by atoms with Crippen molar-refractivity contribution in [2.24, 2.45) is 0 Å². The fraction of sp³-hybridized carbons (Fsp3) is 1.00. The number of rotatable bonds is 5. The van der Waals surface area contributed by atoms with E-state index in [-0.39, 0.29) is 0 Å². The lowest BCUT2D eigenvalue weighted by Crippen LogP contribution is -1.82. The Morgan fingerprint density at radius 2 is 2.11 bits per heavy atom. The maximum absolute atomic E-state index is 4.15. The van der Waals surface area contributed by atoms with Crippen LogP contribution in [-0.4, -0.2) is 16.8 Å². The summed E-state index contributed by atoms with van der Waals surface area (Å²) < 4.78 is 0. The summed E-state index contributed by atoms with van der Waals surface area (Å²) in [6.45, 7) is 0. The molecule has 0 saturated heterocycles. The van der Waals surface area contributed by atoms with Crippen LogP contribution in [0.4, 0.5) is 0 Å². The normalized spacial score (nSPS) is 18.3. The van der Waals surface area contributed by atoms with Crippen LogP contribution in [0.3, 0.4) is 0 Å². The maximum atomic E-state index is 4.15. The summed E-state index contributed by atoms with van der Waals surface area (Å²) in [7, 11) is 0. The molecule has 1 fully saturated rings. The molecule has 1 rings (SSSR count). The van der Waals surface area contributed by atoms with Gasteiger partial charge in [-0.25, -0.2) is 0 Å². The van der Waals surface area contributed by atoms with E-state index in [1.54, 1.807) is 0 Å². The lowest BCUT2D eigenvalue weighted by atomic mass is 10.4. The van der Waals surface area contributed by atoms with Gasteiger partial charge in [0.2, 0.25) is 0 Å². The zero-order chi connectivity index (χ0) is 6.53. The number of hydrogen-bond acceptors (Lipinski definition) is 2. The van der Waals surface area contributed by atoms with E-state index in [0.29, 0.717) is 0 Å². The van der Waals surface area contributed by atoms with Gasteiger partial charge in [0, 0.05) is 5.25 Å². The second-order valence-electron chi connectivity index (χ2n) is 2.50. The molecule has 9 heavy (non-hydrogen) atoms. The van der Waals surface area contributed by atoms with Gasteiger partial charge in [-0.15, -0.1) is 0 Å². The third-order valence-electron chi connectivity index (χ3n) is 1.43. The fourth-order valence-corrected chi connectivity index (χ4v) is 2.10. The van der Waals surface area contributed by atoms with E-state index in [4.69, 9.17) is 0 Å². The molecule has 0 nitrogen and oxygen atoms in total. The summed E-state index contributed by atoms with van der Waals surface area (Å²) in [4.78, 5) is 0. The molecule has 0 aromatic carbocycles. The first-order chi connectivity index (χ1) is 4.43. The Morgan fingerprint density at radius 1 is 1.33 bits per heavy atom. The van der Waals surface area contributed by atoms with Crippen molar-refractivity contribution in [3.8, 4) is 0 Å². The molecule has 1 saturated carbocycles. The number of thioether (sulfide) groups is 1. The first-order valence-corrected chi connectivity index (χ1v) is 5.34. The molecule has 0 spiro atoms. The molecule has 0 bridgehead atoms. The minimum absolute atomic E-state index is 1.05. The van der Waals surface area contributed by atoms with Crippen molar-refractivity contribution in [1.82, 2.24) is 0 Å². The maximum Gasteiger partial charge on any atom is 0.00478 e. The Morgan fingerprint density at radius 3 is 2.67 bits per heavy atom. The van der Waals surface area contributed by atoms with E-state index in [9.17, 15) is 0 Å². The summed E-state index contributed by atoms with van der Waals surface area (Å²) in [6, 6.07) is 0. The van der Waals surface area contributed by atoms with Crippen LogP contribution in [0.1, 0.15) is 25.7 Å². The van der Waals surface area contributed by atoms with Crippen LogP contribution < -0.4 is 0 Å². The molecule has 54 valence electrons. The molecule has 0 aromatic rings. The van der Waals surface area contributed by atoms with Gasteiger partial charge in [-0.1, -0.05) is 0 Å². The van der Waals surface area contributed by atoms with Gasteiger partial charge in [-0.3, -0.25) is 0 Å². The van der Waals surface area contributed by atoms with Gasteiger partial charge in [0.05, 0.1) is 0 Å². The molecule has 0 amide bonds. The Kier molecular flexibility index (Phi) is 3.91. The van der Waals surface area contributed by atoms with Gasteiger partial charge < -0.3 is 0 Å². The van der Waals surface area contributed by atoms with E-state index in [0.717, 1.165) is 11.0 Å². The Bertz CT molecular complexity index is 69.3. The lowest BCUT2D eigenvalue weighted by molar-refractivity contribution is 0.909. The molecule has 0 radical (unpaired) electrons. The second kappa shape index (κ2) is 4.51. The van der Waals surface area contributed by atoms with E-state index in [1.165, 1.54) is 31.4 Å². The summed E-state index contributed by atoms with van der Waals surface area (Å²) in [5, 5.41) is 1.05. The van der Waals surface area contributed by atoms with Gasteiger partial charge in [0.15, 0.2) is 0 Å². The zero-order valence-corrected chi connectivity index (χ0v) is 7.39. The zero-order valence-electron chi connectivity index (χ0n) is 5.68. The van der Waals surface area contributed by atoms with Crippen molar-refractivity contribution in [3.63, 3.8) is 0 Å². The Balaban J connectivity index is 1.71. The third-order valence-corrected chi connectivity index (χ3v) is 3.21. The highest BCUT2D eigenvalue weighted by Crippen LogP contribution is 2.34. The Hall–Kier alpha value is 0.700. The quantitative estimate of drug-likeness (QED) is 0.479. The van der Waals surface area contributed by atoms with Crippen LogP contribution in [0.2, 0.25) is 0 Å². The Labute approximate surface area is 67.2 Å². The van der Waals surface area contributed by atoms with Gasteiger partial charge in [-0.2, -0.15) is 24.4 Å². The highest BCUT2D eigenvalue weighted by molar-refractivity contribution is 8.00. The van der Waals surface area contributed by atoms with Gasteiger partial charge in [-0.05, 0) is 37.2 Å². The standard InChI is InChI=1S/C7H14S2/c8-5-1-2-6-9-7-3-4-7/h7-8H,1-6H2. The molecule has 0 atom stereocenters. The van der Waals surface area contributed by atoms with Gasteiger partial charge in [0.25, 0.3) is 0 Å². The summed E-state index contributed by atoms with van der Waals surface area (Å²) in [5.41, 5.74) is 0. The summed E-state index contributed by atoms with van der Waals surface area (Å²) in [6.07, 6.45) is 5.62. The summed E-state index contributed by atoms with van der Waals surface area (Å²) >= 11 is 6.30. The lowest BCUT2D eigenvalue weighted by Gasteiger charge is -1.95. The average Bonchev–Trinajstić information content (AvgIpc) is 2.63. The number of thiol groups is 1. The van der Waals surface area contributed by atoms with Crippen molar-refractivity contribution in [1.29, 1.82) is 0 Å². The topological polar surface area (TPSA) is 0 Å². The fourth-order valence-electron chi connectivity index (χ4n) is 0.699. The van der Waals surface area contributed by atoms with E-state index < -0.39 is 0 Å². The highest BCUT2D eigenvalue weighted by Gasteiger charge is 2.20. The predicted molar refractivity (Wildman–Crippen MR) is 48.6 cm³/mol. The monoisotopic (exact) mass is 162 g/mol. The van der Waals surface area contributed by atoms with Crippen LogP contribution >= 0.6 is 24.4 Å². The average molecular weight is 162 g/mol. The largest absolute Gasteiger partial charge is 0.179 e. The van der Waals surface area contributed by atoms with Gasteiger partial charge >= 0.3 is 0 Å². The van der Waals surface area contributed by atoms with Crippen molar-refractivity contribution in [2.75, 3.05) is 11.5 Å². The summed E-state index contributed by atoms with van der Waals surface area (Å²) in [5.74, 6) is 2.43. The number of unbranched alkanes of at least 4 members (excludes halogenated alkanes) is 1. The molecule has 0 aromatic heterocycles. The molecular formula is C7H14S2. The third kappa shape index (κ3) is 4.15. The van der Waals surface area contributed by atoms with Crippen LogP contribution in [0, 0.1) is 0 Å². The van der Waals surface area contributed by atoms with Crippen LogP contribution in [0.5, 0.6) is 0 Å². The molecule has 0 unspecified atom stereocenters. The van der Waals surface area contributed by atoms with Crippen LogP contribution in [0.25, 0.3) is 0 Å². The molecular weight excluding hydrogens is 148 g/mol. The molecule has 1 aliphatic rings.